The van der Waals surface area contributed by atoms with E-state index >= 15 is 0 Å². The molecule has 0 radical (unpaired) electrons. The van der Waals surface area contributed by atoms with Crippen molar-refractivity contribution in [2.24, 2.45) is 5.73 Å². The molecule has 1 rings (SSSR count). The second-order valence-electron chi connectivity index (χ2n) is 2.75. The van der Waals surface area contributed by atoms with Crippen LogP contribution in [-0.4, -0.2) is 28.7 Å². The van der Waals surface area contributed by atoms with Crippen LogP contribution in [0.4, 0.5) is 0 Å². The lowest BCUT2D eigenvalue weighted by Gasteiger charge is -2.06. The molecule has 2 amide bonds. The summed E-state index contributed by atoms with van der Waals surface area (Å²) < 4.78 is 0. The summed E-state index contributed by atoms with van der Waals surface area (Å²) >= 11 is 1.20. The van der Waals surface area contributed by atoms with Gasteiger partial charge in [0.2, 0.25) is 16.9 Å². The highest BCUT2D eigenvalue weighted by molar-refractivity contribution is 8.14. The van der Waals surface area contributed by atoms with Crippen molar-refractivity contribution in [3.8, 4) is 0 Å². The molecule has 3 N–H and O–H groups in total. The molecular formula is C8H10N2O3S. The molecule has 0 saturated carbocycles. The summed E-state index contributed by atoms with van der Waals surface area (Å²) in [6.07, 6.45) is 2.63. The minimum Gasteiger partial charge on any atom is -0.366 e. The quantitative estimate of drug-likeness (QED) is 0.600. The third-order valence-corrected chi connectivity index (χ3v) is 2.66. The molecule has 0 aromatic heterocycles. The molecule has 0 aliphatic carbocycles. The van der Waals surface area contributed by atoms with Crippen LogP contribution in [0.25, 0.3) is 0 Å². The number of hydrogen-bond donors (Lipinski definition) is 2. The third kappa shape index (κ3) is 3.21. The molecule has 6 heteroatoms. The zero-order valence-corrected chi connectivity index (χ0v) is 8.17. The van der Waals surface area contributed by atoms with E-state index in [0.717, 1.165) is 17.9 Å². The average Bonchev–Trinajstić information content (AvgIpc) is 2.49. The molecule has 0 aromatic carbocycles. The lowest BCUT2D eigenvalue weighted by Crippen LogP contribution is -2.36. The minimum absolute atomic E-state index is 0.0363. The van der Waals surface area contributed by atoms with Crippen LogP contribution in [-0.2, 0) is 14.4 Å². The number of hydrogen-bond acceptors (Lipinski definition) is 4. The van der Waals surface area contributed by atoms with Crippen molar-refractivity contribution < 1.29 is 14.4 Å². The molecule has 1 atom stereocenters. The smallest absolute Gasteiger partial charge is 0.244 e. The highest BCUT2D eigenvalue weighted by atomic mass is 32.2. The molecule has 0 aromatic rings. The Kier molecular flexibility index (Phi) is 3.70. The van der Waals surface area contributed by atoms with E-state index in [9.17, 15) is 14.4 Å². The summed E-state index contributed by atoms with van der Waals surface area (Å²) in [5.41, 5.74) is 4.80. The number of carbonyl (C=O) groups is 3. The lowest BCUT2D eigenvalue weighted by atomic mass is 10.2. The van der Waals surface area contributed by atoms with Crippen LogP contribution >= 0.6 is 11.8 Å². The number of nitrogens with two attached hydrogens (primary N) is 1. The van der Waals surface area contributed by atoms with Crippen LogP contribution in [0.15, 0.2) is 12.2 Å². The molecule has 1 aliphatic rings. The number of rotatable bonds is 3. The fraction of sp³-hybridized carbons (Fsp3) is 0.375. The zero-order chi connectivity index (χ0) is 10.6. The fourth-order valence-electron chi connectivity index (χ4n) is 1.00. The van der Waals surface area contributed by atoms with Crippen molar-refractivity contribution in [2.45, 2.75) is 12.5 Å². The molecule has 0 unspecified atom stereocenters. The maximum Gasteiger partial charge on any atom is 0.244 e. The molecule has 1 saturated heterocycles. The van der Waals surface area contributed by atoms with Crippen molar-refractivity contribution >= 4 is 28.7 Å². The summed E-state index contributed by atoms with van der Waals surface area (Å²) in [4.78, 5) is 32.5. The standard InChI is InChI=1S/C8H10N2O3S/c9-6(11)1-2-7(12)10-5-3-4-14-8(5)13/h1-2,5H,3-4H2,(H2,9,11)(H,10,12)/b2-1+/t5-/m0/s1. The molecule has 76 valence electrons. The Labute approximate surface area is 85.1 Å². The van der Waals surface area contributed by atoms with Gasteiger partial charge in [0, 0.05) is 17.9 Å². The summed E-state index contributed by atoms with van der Waals surface area (Å²) in [5, 5.41) is 2.44. The highest BCUT2D eigenvalue weighted by Crippen LogP contribution is 2.19. The maximum atomic E-state index is 11.1. The lowest BCUT2D eigenvalue weighted by molar-refractivity contribution is -0.121. The maximum absolute atomic E-state index is 11.1. The number of primary amides is 1. The normalized spacial score (nSPS) is 21.4. The number of nitrogens with one attached hydrogen (secondary N) is 1. The minimum atomic E-state index is -0.688. The fourth-order valence-corrected chi connectivity index (χ4v) is 1.94. The topological polar surface area (TPSA) is 89.3 Å². The van der Waals surface area contributed by atoms with Gasteiger partial charge in [-0.15, -0.1) is 0 Å². The van der Waals surface area contributed by atoms with Crippen molar-refractivity contribution in [3.63, 3.8) is 0 Å². The van der Waals surface area contributed by atoms with Crippen LogP contribution in [0.1, 0.15) is 6.42 Å². The Morgan fingerprint density at radius 1 is 1.50 bits per heavy atom. The van der Waals surface area contributed by atoms with Crippen molar-refractivity contribution in [1.82, 2.24) is 5.32 Å². The van der Waals surface area contributed by atoms with Crippen LogP contribution < -0.4 is 11.1 Å². The Morgan fingerprint density at radius 3 is 2.71 bits per heavy atom. The summed E-state index contributed by atoms with van der Waals surface area (Å²) in [5.74, 6) is -0.430. The Balaban J connectivity index is 2.40. The number of carbonyl (C=O) groups excluding carboxylic acids is 3. The molecular weight excluding hydrogens is 204 g/mol. The molecule has 1 aliphatic heterocycles. The second kappa shape index (κ2) is 4.80. The zero-order valence-electron chi connectivity index (χ0n) is 7.36. The van der Waals surface area contributed by atoms with Gasteiger partial charge in [0.25, 0.3) is 0 Å². The van der Waals surface area contributed by atoms with E-state index in [2.05, 4.69) is 5.32 Å². The van der Waals surface area contributed by atoms with Gasteiger partial charge in [-0.2, -0.15) is 0 Å². The van der Waals surface area contributed by atoms with Gasteiger partial charge in [0.15, 0.2) is 0 Å². The third-order valence-electron chi connectivity index (χ3n) is 1.65. The van der Waals surface area contributed by atoms with Crippen molar-refractivity contribution in [1.29, 1.82) is 0 Å². The first kappa shape index (κ1) is 10.8. The van der Waals surface area contributed by atoms with Gasteiger partial charge in [-0.25, -0.2) is 0 Å². The van der Waals surface area contributed by atoms with Gasteiger partial charge in [-0.1, -0.05) is 11.8 Å². The van der Waals surface area contributed by atoms with Crippen LogP contribution in [0.2, 0.25) is 0 Å². The van der Waals surface area contributed by atoms with E-state index in [-0.39, 0.29) is 5.12 Å². The number of amides is 2. The van der Waals surface area contributed by atoms with Gasteiger partial charge < -0.3 is 11.1 Å². The van der Waals surface area contributed by atoms with Gasteiger partial charge in [0.1, 0.15) is 0 Å². The Bertz CT molecular complexity index is 301. The molecule has 1 heterocycles. The van der Waals surface area contributed by atoms with E-state index in [1.54, 1.807) is 0 Å². The molecule has 14 heavy (non-hydrogen) atoms. The van der Waals surface area contributed by atoms with Crippen molar-refractivity contribution in [2.75, 3.05) is 5.75 Å². The summed E-state index contributed by atoms with van der Waals surface area (Å²) in [6, 6.07) is -0.426. The summed E-state index contributed by atoms with van der Waals surface area (Å²) in [7, 11) is 0. The van der Waals surface area contributed by atoms with E-state index < -0.39 is 17.9 Å². The van der Waals surface area contributed by atoms with Crippen molar-refractivity contribution in [3.05, 3.63) is 12.2 Å². The average molecular weight is 214 g/mol. The van der Waals surface area contributed by atoms with E-state index in [1.807, 2.05) is 0 Å². The second-order valence-corrected chi connectivity index (χ2v) is 3.85. The molecule has 0 spiro atoms. The molecule has 5 nitrogen and oxygen atoms in total. The molecule has 1 fully saturated rings. The first-order valence-corrected chi connectivity index (χ1v) is 5.03. The van der Waals surface area contributed by atoms with E-state index in [1.165, 1.54) is 11.8 Å². The predicted molar refractivity (Wildman–Crippen MR) is 52.3 cm³/mol. The van der Waals surface area contributed by atoms with Gasteiger partial charge in [-0.3, -0.25) is 14.4 Å². The first-order valence-electron chi connectivity index (χ1n) is 4.04. The summed E-state index contributed by atoms with van der Waals surface area (Å²) in [6.45, 7) is 0. The highest BCUT2D eigenvalue weighted by Gasteiger charge is 2.25. The van der Waals surface area contributed by atoms with Gasteiger partial charge in [0.05, 0.1) is 6.04 Å². The van der Waals surface area contributed by atoms with Crippen LogP contribution in [0, 0.1) is 0 Å². The Morgan fingerprint density at radius 2 is 2.21 bits per heavy atom. The largest absolute Gasteiger partial charge is 0.366 e. The first-order chi connectivity index (χ1) is 6.59. The molecule has 0 bridgehead atoms. The van der Waals surface area contributed by atoms with Crippen LogP contribution in [0.3, 0.4) is 0 Å². The van der Waals surface area contributed by atoms with E-state index in [4.69, 9.17) is 5.73 Å². The predicted octanol–water partition coefficient (Wildman–Crippen LogP) is -0.824. The van der Waals surface area contributed by atoms with Crippen LogP contribution in [0.5, 0.6) is 0 Å². The SMILES string of the molecule is NC(=O)/C=C/C(=O)N[C@H]1CCSC1=O. The monoisotopic (exact) mass is 214 g/mol. The van der Waals surface area contributed by atoms with Gasteiger partial charge >= 0.3 is 0 Å². The Hall–Kier alpha value is -1.30. The van der Waals surface area contributed by atoms with E-state index in [0.29, 0.717) is 6.42 Å². The number of thioether (sulfide) groups is 1. The van der Waals surface area contributed by atoms with Gasteiger partial charge in [-0.05, 0) is 6.42 Å².